The van der Waals surface area contributed by atoms with E-state index in [0.717, 1.165) is 6.42 Å². The van der Waals surface area contributed by atoms with Crippen molar-refractivity contribution in [2.45, 2.75) is 30.2 Å². The molecule has 1 aromatic heterocycles. The summed E-state index contributed by atoms with van der Waals surface area (Å²) in [6, 6.07) is 10.7. The van der Waals surface area contributed by atoms with Gasteiger partial charge in [-0.15, -0.1) is 0 Å². The molecule has 1 N–H and O–H groups in total. The normalized spacial score (nSPS) is 17.7. The molecular formula is C20H19FN4O4S. The van der Waals surface area contributed by atoms with Crippen LogP contribution in [0.4, 0.5) is 10.1 Å². The molecule has 0 amide bonds. The molecule has 1 aliphatic heterocycles. The van der Waals surface area contributed by atoms with Gasteiger partial charge in [-0.2, -0.15) is 4.31 Å². The van der Waals surface area contributed by atoms with Gasteiger partial charge >= 0.3 is 0 Å². The highest BCUT2D eigenvalue weighted by Gasteiger charge is 2.39. The summed E-state index contributed by atoms with van der Waals surface area (Å²) in [4.78, 5) is 17.8. The Labute approximate surface area is 172 Å². The van der Waals surface area contributed by atoms with Gasteiger partial charge < -0.3 is 4.98 Å². The number of sulfonamides is 1. The molecule has 0 saturated carbocycles. The number of rotatable bonds is 5. The van der Waals surface area contributed by atoms with Gasteiger partial charge in [0.05, 0.1) is 22.9 Å². The van der Waals surface area contributed by atoms with E-state index in [1.54, 1.807) is 12.1 Å². The monoisotopic (exact) mass is 430 g/mol. The minimum absolute atomic E-state index is 0.231. The van der Waals surface area contributed by atoms with Crippen LogP contribution < -0.4 is 0 Å². The van der Waals surface area contributed by atoms with Gasteiger partial charge in [-0.3, -0.25) is 10.1 Å². The molecule has 0 radical (unpaired) electrons. The van der Waals surface area contributed by atoms with Crippen LogP contribution in [0.5, 0.6) is 0 Å². The second-order valence-corrected chi connectivity index (χ2v) is 8.90. The zero-order valence-electron chi connectivity index (χ0n) is 15.9. The number of halogens is 1. The summed E-state index contributed by atoms with van der Waals surface area (Å²) in [5.74, 6) is 0.0398. The maximum atomic E-state index is 13.5. The molecule has 4 rings (SSSR count). The molecule has 1 unspecified atom stereocenters. The largest absolute Gasteiger partial charge is 0.341 e. The van der Waals surface area contributed by atoms with Crippen molar-refractivity contribution in [3.63, 3.8) is 0 Å². The lowest BCUT2D eigenvalue weighted by Gasteiger charge is -2.33. The second kappa shape index (κ2) is 7.96. The molecule has 1 saturated heterocycles. The summed E-state index contributed by atoms with van der Waals surface area (Å²) in [5, 5.41) is 11.4. The summed E-state index contributed by atoms with van der Waals surface area (Å²) >= 11 is 0. The fourth-order valence-corrected chi connectivity index (χ4v) is 5.55. The Morgan fingerprint density at radius 3 is 2.73 bits per heavy atom. The van der Waals surface area contributed by atoms with Crippen molar-refractivity contribution < 1.29 is 17.7 Å². The van der Waals surface area contributed by atoms with E-state index in [4.69, 9.17) is 0 Å². The Kier molecular flexibility index (Phi) is 5.35. The Morgan fingerprint density at radius 2 is 1.97 bits per heavy atom. The minimum Gasteiger partial charge on any atom is -0.341 e. The van der Waals surface area contributed by atoms with E-state index in [-0.39, 0.29) is 17.3 Å². The number of nitro groups is 1. The third-order valence-electron chi connectivity index (χ3n) is 5.15. The number of nitrogens with one attached hydrogen (secondary N) is 1. The Balaban J connectivity index is 1.72. The van der Waals surface area contributed by atoms with Crippen molar-refractivity contribution in [3.05, 3.63) is 76.5 Å². The molecule has 30 heavy (non-hydrogen) atoms. The van der Waals surface area contributed by atoms with Crippen LogP contribution in [-0.4, -0.2) is 34.2 Å². The number of H-pyrrole nitrogens is 1. The number of nitrogens with zero attached hydrogens (tertiary/aromatic N) is 3. The molecule has 2 aromatic carbocycles. The number of aromatic amines is 1. The number of benzene rings is 2. The van der Waals surface area contributed by atoms with Gasteiger partial charge in [0, 0.05) is 18.2 Å². The first-order valence-electron chi connectivity index (χ1n) is 9.44. The Morgan fingerprint density at radius 1 is 1.17 bits per heavy atom. The van der Waals surface area contributed by atoms with E-state index in [0.29, 0.717) is 29.9 Å². The molecule has 0 aliphatic carbocycles. The number of hydrogen-bond donors (Lipinski definition) is 1. The maximum Gasteiger partial charge on any atom is 0.289 e. The molecule has 1 fully saturated rings. The van der Waals surface area contributed by atoms with Gasteiger partial charge in [0.1, 0.15) is 11.6 Å². The van der Waals surface area contributed by atoms with Crippen LogP contribution in [0, 0.1) is 15.9 Å². The van der Waals surface area contributed by atoms with Gasteiger partial charge in [-0.1, -0.05) is 30.7 Å². The first-order chi connectivity index (χ1) is 14.4. The number of aromatic nitrogens is 2. The molecule has 3 aromatic rings. The highest BCUT2D eigenvalue weighted by atomic mass is 32.2. The van der Waals surface area contributed by atoms with Crippen LogP contribution in [0.3, 0.4) is 0 Å². The molecule has 1 atom stereocenters. The lowest BCUT2D eigenvalue weighted by Crippen LogP contribution is -2.39. The summed E-state index contributed by atoms with van der Waals surface area (Å²) < 4.78 is 41.5. The van der Waals surface area contributed by atoms with E-state index in [9.17, 15) is 22.9 Å². The van der Waals surface area contributed by atoms with E-state index < -0.39 is 26.7 Å². The zero-order chi connectivity index (χ0) is 21.3. The van der Waals surface area contributed by atoms with Crippen molar-refractivity contribution in [2.75, 3.05) is 6.54 Å². The maximum absolute atomic E-state index is 13.5. The highest BCUT2D eigenvalue weighted by molar-refractivity contribution is 7.89. The van der Waals surface area contributed by atoms with E-state index in [2.05, 4.69) is 9.97 Å². The van der Waals surface area contributed by atoms with Crippen LogP contribution in [0.25, 0.3) is 11.3 Å². The summed E-state index contributed by atoms with van der Waals surface area (Å²) in [7, 11) is -4.13. The third-order valence-corrected chi connectivity index (χ3v) is 7.10. The van der Waals surface area contributed by atoms with Crippen molar-refractivity contribution in [1.29, 1.82) is 0 Å². The molecule has 0 bridgehead atoms. The van der Waals surface area contributed by atoms with Crippen LogP contribution in [0.15, 0.2) is 59.6 Å². The predicted octanol–water partition coefficient (Wildman–Crippen LogP) is 4.04. The number of piperidine rings is 1. The van der Waals surface area contributed by atoms with Gasteiger partial charge in [0.25, 0.3) is 15.7 Å². The first-order valence-corrected chi connectivity index (χ1v) is 10.9. The van der Waals surface area contributed by atoms with E-state index in [1.165, 1.54) is 46.9 Å². The van der Waals surface area contributed by atoms with Crippen molar-refractivity contribution in [2.24, 2.45) is 0 Å². The molecule has 8 nitrogen and oxygen atoms in total. The fourth-order valence-electron chi connectivity index (χ4n) is 3.73. The number of hydrogen-bond acceptors (Lipinski definition) is 5. The topological polar surface area (TPSA) is 109 Å². The molecule has 0 spiro atoms. The Bertz CT molecular complexity index is 1190. The van der Waals surface area contributed by atoms with E-state index in [1.807, 2.05) is 0 Å². The molecule has 1 aliphatic rings. The van der Waals surface area contributed by atoms with Gasteiger partial charge in [-0.05, 0) is 31.0 Å². The van der Waals surface area contributed by atoms with Gasteiger partial charge in [0.15, 0.2) is 4.90 Å². The van der Waals surface area contributed by atoms with Crippen molar-refractivity contribution in [3.8, 4) is 11.3 Å². The molecule has 156 valence electrons. The lowest BCUT2D eigenvalue weighted by molar-refractivity contribution is -0.387. The summed E-state index contributed by atoms with van der Waals surface area (Å²) in [6.07, 6.45) is 3.50. The second-order valence-electron chi connectivity index (χ2n) is 7.04. The quantitative estimate of drug-likeness (QED) is 0.485. The van der Waals surface area contributed by atoms with Gasteiger partial charge in [0.2, 0.25) is 0 Å². The molecular weight excluding hydrogens is 411 g/mol. The SMILES string of the molecule is O=[N+]([O-])c1ccccc1S(=O)(=O)N1CCCCC1c1ncc(-c2cccc(F)c2)[nH]1. The van der Waals surface area contributed by atoms with E-state index >= 15 is 0 Å². The number of imidazole rings is 1. The molecule has 10 heteroatoms. The van der Waals surface area contributed by atoms with Crippen molar-refractivity contribution >= 4 is 15.7 Å². The van der Waals surface area contributed by atoms with Crippen LogP contribution >= 0.6 is 0 Å². The minimum atomic E-state index is -4.13. The van der Waals surface area contributed by atoms with Crippen LogP contribution in [0.1, 0.15) is 31.1 Å². The van der Waals surface area contributed by atoms with Crippen molar-refractivity contribution in [1.82, 2.24) is 14.3 Å². The highest BCUT2D eigenvalue weighted by Crippen LogP contribution is 2.37. The van der Waals surface area contributed by atoms with Gasteiger partial charge in [-0.25, -0.2) is 17.8 Å². The first kappa shape index (κ1) is 20.2. The van der Waals surface area contributed by atoms with Crippen LogP contribution in [-0.2, 0) is 10.0 Å². The summed E-state index contributed by atoms with van der Waals surface area (Å²) in [5.41, 5.74) is 0.706. The lowest BCUT2D eigenvalue weighted by atomic mass is 10.0. The fraction of sp³-hybridized carbons (Fsp3) is 0.250. The average Bonchev–Trinajstić information content (AvgIpc) is 3.24. The number of para-hydroxylation sites is 1. The molecule has 2 heterocycles. The Hall–Kier alpha value is -3.11. The van der Waals surface area contributed by atoms with Crippen LogP contribution in [0.2, 0.25) is 0 Å². The zero-order valence-corrected chi connectivity index (χ0v) is 16.7. The summed E-state index contributed by atoms with van der Waals surface area (Å²) in [6.45, 7) is 0.231. The average molecular weight is 430 g/mol. The predicted molar refractivity (Wildman–Crippen MR) is 108 cm³/mol. The third kappa shape index (κ3) is 3.71. The standard InChI is InChI=1S/C20H19FN4O4S/c21-15-7-5-6-14(12-15)16-13-22-20(23-16)18-9-3-4-11-24(18)30(28,29)19-10-2-1-8-17(19)25(26)27/h1-2,5-8,10,12-13,18H,3-4,9,11H2,(H,22,23). The number of nitro benzene ring substituents is 1. The smallest absolute Gasteiger partial charge is 0.289 e.